The van der Waals surface area contributed by atoms with Crippen LogP contribution in [-0.2, 0) is 0 Å². The molecule has 0 aromatic heterocycles. The van der Waals surface area contributed by atoms with Crippen molar-refractivity contribution >= 4 is 0 Å². The molecule has 1 aromatic carbocycles. The van der Waals surface area contributed by atoms with Crippen molar-refractivity contribution in [2.24, 2.45) is 0 Å². The fourth-order valence-corrected chi connectivity index (χ4v) is 1.62. The number of hydrogen-bond acceptors (Lipinski definition) is 2. The lowest BCUT2D eigenvalue weighted by Crippen LogP contribution is -2.45. The zero-order valence-electron chi connectivity index (χ0n) is 6.98. The Kier molecular flexibility index (Phi) is 2.11. The molecule has 0 radical (unpaired) electrons. The first-order valence-electron chi connectivity index (χ1n) is 4.28. The van der Waals surface area contributed by atoms with Gasteiger partial charge in [0.05, 0.1) is 6.73 Å². The van der Waals surface area contributed by atoms with Crippen molar-refractivity contribution in [3.8, 4) is 0 Å². The predicted molar refractivity (Wildman–Crippen MR) is 47.8 cm³/mol. The van der Waals surface area contributed by atoms with Gasteiger partial charge >= 0.3 is 0 Å². The van der Waals surface area contributed by atoms with Crippen LogP contribution in [0.4, 0.5) is 0 Å². The van der Waals surface area contributed by atoms with Gasteiger partial charge in [0.15, 0.2) is 0 Å². The van der Waals surface area contributed by atoms with Crippen molar-refractivity contribution < 1.29 is 5.11 Å². The summed E-state index contributed by atoms with van der Waals surface area (Å²) in [4.78, 5) is 2.03. The third-order valence-electron chi connectivity index (χ3n) is 2.43. The van der Waals surface area contributed by atoms with Gasteiger partial charge in [-0.2, -0.15) is 0 Å². The van der Waals surface area contributed by atoms with Crippen LogP contribution < -0.4 is 0 Å². The topological polar surface area (TPSA) is 23.5 Å². The molecule has 2 heteroatoms. The van der Waals surface area contributed by atoms with E-state index in [0.29, 0.717) is 5.92 Å². The van der Waals surface area contributed by atoms with E-state index in [1.807, 2.05) is 11.0 Å². The highest BCUT2D eigenvalue weighted by molar-refractivity contribution is 5.22. The Balaban J connectivity index is 1.97. The molecule has 2 rings (SSSR count). The summed E-state index contributed by atoms with van der Waals surface area (Å²) in [5, 5.41) is 8.78. The molecule has 0 amide bonds. The molecule has 0 unspecified atom stereocenters. The fourth-order valence-electron chi connectivity index (χ4n) is 1.62. The van der Waals surface area contributed by atoms with Crippen LogP contribution in [0, 0.1) is 0 Å². The molecule has 0 atom stereocenters. The first-order valence-corrected chi connectivity index (χ1v) is 4.28. The van der Waals surface area contributed by atoms with Crippen LogP contribution >= 0.6 is 0 Å². The Labute approximate surface area is 72.4 Å². The number of hydrogen-bond donors (Lipinski definition) is 1. The zero-order valence-corrected chi connectivity index (χ0v) is 6.98. The molecule has 1 aliphatic heterocycles. The summed E-state index contributed by atoms with van der Waals surface area (Å²) in [6.45, 7) is 2.20. The van der Waals surface area contributed by atoms with Gasteiger partial charge in [-0.1, -0.05) is 30.3 Å². The number of aliphatic hydroxyl groups excluding tert-OH is 1. The Hall–Kier alpha value is -0.860. The molecule has 1 fully saturated rings. The van der Waals surface area contributed by atoms with Crippen LogP contribution in [0.3, 0.4) is 0 Å². The molecule has 1 N–H and O–H groups in total. The number of nitrogens with zero attached hydrogens (tertiary/aromatic N) is 1. The van der Waals surface area contributed by atoms with Gasteiger partial charge < -0.3 is 5.11 Å². The number of rotatable bonds is 2. The summed E-state index contributed by atoms with van der Waals surface area (Å²) >= 11 is 0. The molecule has 12 heavy (non-hydrogen) atoms. The number of aliphatic hydroxyl groups is 1. The van der Waals surface area contributed by atoms with Gasteiger partial charge in [0.1, 0.15) is 0 Å². The molecule has 0 saturated carbocycles. The first kappa shape index (κ1) is 7.77. The number of benzene rings is 1. The van der Waals surface area contributed by atoms with Gasteiger partial charge in [-0.15, -0.1) is 0 Å². The zero-order chi connectivity index (χ0) is 8.39. The van der Waals surface area contributed by atoms with E-state index in [4.69, 9.17) is 5.11 Å². The van der Waals surface area contributed by atoms with Crippen molar-refractivity contribution in [2.75, 3.05) is 19.8 Å². The van der Waals surface area contributed by atoms with E-state index in [2.05, 4.69) is 24.3 Å². The average Bonchev–Trinajstić information content (AvgIpc) is 2.04. The summed E-state index contributed by atoms with van der Waals surface area (Å²) in [5.41, 5.74) is 1.39. The highest BCUT2D eigenvalue weighted by Gasteiger charge is 2.26. The first-order chi connectivity index (χ1) is 5.90. The van der Waals surface area contributed by atoms with Gasteiger partial charge in [-0.25, -0.2) is 0 Å². The van der Waals surface area contributed by atoms with E-state index >= 15 is 0 Å². The molecule has 0 bridgehead atoms. The minimum Gasteiger partial charge on any atom is -0.381 e. The highest BCUT2D eigenvalue weighted by atomic mass is 16.3. The third-order valence-corrected chi connectivity index (χ3v) is 2.43. The fraction of sp³-hybridized carbons (Fsp3) is 0.400. The summed E-state index contributed by atoms with van der Waals surface area (Å²) < 4.78 is 0. The molecule has 1 heterocycles. The molecule has 0 aliphatic carbocycles. The second-order valence-electron chi connectivity index (χ2n) is 3.28. The van der Waals surface area contributed by atoms with Gasteiger partial charge in [0.25, 0.3) is 0 Å². The Bertz CT molecular complexity index is 241. The lowest BCUT2D eigenvalue weighted by atomic mass is 9.92. The molecule has 1 aliphatic rings. The monoisotopic (exact) mass is 163 g/mol. The summed E-state index contributed by atoms with van der Waals surface area (Å²) in [6.07, 6.45) is 0. The smallest absolute Gasteiger partial charge is 0.0956 e. The quantitative estimate of drug-likeness (QED) is 0.704. The van der Waals surface area contributed by atoms with Crippen LogP contribution in [0.25, 0.3) is 0 Å². The normalized spacial score (nSPS) is 19.1. The summed E-state index contributed by atoms with van der Waals surface area (Å²) in [6, 6.07) is 10.5. The van der Waals surface area contributed by atoms with Gasteiger partial charge in [-0.05, 0) is 5.56 Å². The van der Waals surface area contributed by atoms with Crippen molar-refractivity contribution in [1.29, 1.82) is 0 Å². The minimum atomic E-state index is 0.198. The molecule has 1 saturated heterocycles. The van der Waals surface area contributed by atoms with Gasteiger partial charge in [0, 0.05) is 19.0 Å². The Morgan fingerprint density at radius 1 is 1.25 bits per heavy atom. The Morgan fingerprint density at radius 2 is 1.92 bits per heavy atom. The van der Waals surface area contributed by atoms with E-state index in [9.17, 15) is 0 Å². The lowest BCUT2D eigenvalue weighted by molar-refractivity contribution is 0.0403. The molecule has 0 spiro atoms. The maximum Gasteiger partial charge on any atom is 0.0956 e. The van der Waals surface area contributed by atoms with E-state index in [1.165, 1.54) is 5.56 Å². The predicted octanol–water partition coefficient (Wildman–Crippen LogP) is 1.04. The third kappa shape index (κ3) is 1.36. The van der Waals surface area contributed by atoms with Crippen LogP contribution in [0.15, 0.2) is 30.3 Å². The molecule has 1 aromatic rings. The largest absolute Gasteiger partial charge is 0.381 e. The van der Waals surface area contributed by atoms with E-state index in [1.54, 1.807) is 0 Å². The van der Waals surface area contributed by atoms with Crippen LogP contribution in [0.1, 0.15) is 11.5 Å². The van der Waals surface area contributed by atoms with Gasteiger partial charge in [-0.3, -0.25) is 4.90 Å². The second-order valence-corrected chi connectivity index (χ2v) is 3.28. The van der Waals surface area contributed by atoms with Crippen LogP contribution in [-0.4, -0.2) is 29.8 Å². The lowest BCUT2D eigenvalue weighted by Gasteiger charge is -2.37. The summed E-state index contributed by atoms with van der Waals surface area (Å²) in [5.74, 6) is 0.637. The second kappa shape index (κ2) is 3.25. The van der Waals surface area contributed by atoms with Crippen molar-refractivity contribution in [3.63, 3.8) is 0 Å². The van der Waals surface area contributed by atoms with Crippen LogP contribution in [0.2, 0.25) is 0 Å². The minimum absolute atomic E-state index is 0.198. The molecule has 64 valence electrons. The maximum absolute atomic E-state index is 8.78. The Morgan fingerprint density at radius 3 is 2.50 bits per heavy atom. The number of likely N-dealkylation sites (tertiary alicyclic amines) is 1. The van der Waals surface area contributed by atoms with E-state index in [0.717, 1.165) is 13.1 Å². The van der Waals surface area contributed by atoms with E-state index < -0.39 is 0 Å². The molecule has 2 nitrogen and oxygen atoms in total. The van der Waals surface area contributed by atoms with E-state index in [-0.39, 0.29) is 6.73 Å². The maximum atomic E-state index is 8.78. The van der Waals surface area contributed by atoms with Crippen molar-refractivity contribution in [2.45, 2.75) is 5.92 Å². The molecular formula is C10H13NO. The van der Waals surface area contributed by atoms with Crippen molar-refractivity contribution in [3.05, 3.63) is 35.9 Å². The standard InChI is InChI=1S/C10H13NO/c12-8-11-6-10(7-11)9-4-2-1-3-5-9/h1-5,10,12H,6-8H2. The van der Waals surface area contributed by atoms with Crippen LogP contribution in [0.5, 0.6) is 0 Å². The van der Waals surface area contributed by atoms with Crippen molar-refractivity contribution in [1.82, 2.24) is 4.90 Å². The van der Waals surface area contributed by atoms with Gasteiger partial charge in [0.2, 0.25) is 0 Å². The highest BCUT2D eigenvalue weighted by Crippen LogP contribution is 2.25. The SMILES string of the molecule is OCN1CC(c2ccccc2)C1. The molecular weight excluding hydrogens is 150 g/mol. The average molecular weight is 163 g/mol. The summed E-state index contributed by atoms with van der Waals surface area (Å²) in [7, 11) is 0.